The van der Waals surface area contributed by atoms with Crippen LogP contribution < -0.4 is 0 Å². The average Bonchev–Trinajstić information content (AvgIpc) is 3.10. The maximum Gasteiger partial charge on any atom is 0.303 e. The normalized spacial score (nSPS) is 17.8. The molecule has 0 bridgehead atoms. The van der Waals surface area contributed by atoms with Gasteiger partial charge in [-0.25, -0.2) is 0 Å². The Hall–Kier alpha value is -1.60. The quantitative estimate of drug-likeness (QED) is 0.459. The summed E-state index contributed by atoms with van der Waals surface area (Å²) in [6.45, 7) is 0.643. The van der Waals surface area contributed by atoms with Crippen molar-refractivity contribution in [2.45, 2.75) is 44.6 Å². The van der Waals surface area contributed by atoms with Crippen LogP contribution in [0.15, 0.2) is 29.0 Å². The van der Waals surface area contributed by atoms with E-state index in [1.54, 1.807) is 29.2 Å². The first kappa shape index (κ1) is 20.7. The highest BCUT2D eigenvalue weighted by Crippen LogP contribution is 2.20. The molecule has 1 fully saturated rings. The lowest BCUT2D eigenvalue weighted by Crippen LogP contribution is -2.43. The van der Waals surface area contributed by atoms with Crippen molar-refractivity contribution in [1.82, 2.24) is 4.90 Å². The van der Waals surface area contributed by atoms with Crippen LogP contribution in [0.5, 0.6) is 0 Å². The number of aliphatic carboxylic acids is 1. The third-order valence-corrected chi connectivity index (χ3v) is 6.01. The molecule has 0 aliphatic carbocycles. The highest BCUT2D eigenvalue weighted by atomic mass is 32.2. The molecule has 26 heavy (non-hydrogen) atoms. The van der Waals surface area contributed by atoms with Crippen molar-refractivity contribution in [3.63, 3.8) is 0 Å². The second-order valence-electron chi connectivity index (χ2n) is 6.29. The Labute approximate surface area is 162 Å². The van der Waals surface area contributed by atoms with Crippen molar-refractivity contribution >= 4 is 40.8 Å². The number of thioether (sulfide) groups is 1. The number of ketones is 1. The highest BCUT2D eigenvalue weighted by Gasteiger charge is 2.25. The number of nitrogens with zero attached hydrogens (tertiary/aromatic N) is 1. The van der Waals surface area contributed by atoms with Gasteiger partial charge in [-0.05, 0) is 53.5 Å². The Morgan fingerprint density at radius 3 is 2.96 bits per heavy atom. The molecule has 1 aliphatic rings. The molecule has 1 aromatic heterocycles. The number of thiophene rings is 1. The first-order chi connectivity index (χ1) is 12.6. The van der Waals surface area contributed by atoms with Gasteiger partial charge in [0.1, 0.15) is 0 Å². The van der Waals surface area contributed by atoms with Crippen LogP contribution in [-0.4, -0.2) is 51.8 Å². The fourth-order valence-corrected chi connectivity index (χ4v) is 4.45. The summed E-state index contributed by atoms with van der Waals surface area (Å²) in [7, 11) is 0. The van der Waals surface area contributed by atoms with E-state index in [1.165, 1.54) is 0 Å². The molecule has 0 saturated carbocycles. The van der Waals surface area contributed by atoms with E-state index >= 15 is 0 Å². The van der Waals surface area contributed by atoms with Crippen LogP contribution >= 0.6 is 23.1 Å². The topological polar surface area (TPSA) is 74.7 Å². The maximum absolute atomic E-state index is 12.2. The van der Waals surface area contributed by atoms with Crippen molar-refractivity contribution in [2.75, 3.05) is 18.1 Å². The lowest BCUT2D eigenvalue weighted by molar-refractivity contribution is -0.137. The van der Waals surface area contributed by atoms with E-state index in [-0.39, 0.29) is 24.2 Å². The van der Waals surface area contributed by atoms with Gasteiger partial charge in [0, 0.05) is 31.6 Å². The van der Waals surface area contributed by atoms with E-state index in [9.17, 15) is 14.4 Å². The predicted octanol–water partition coefficient (Wildman–Crippen LogP) is 3.40. The summed E-state index contributed by atoms with van der Waals surface area (Å²) in [4.78, 5) is 36.7. The van der Waals surface area contributed by atoms with Crippen molar-refractivity contribution in [2.24, 2.45) is 0 Å². The first-order valence-corrected chi connectivity index (χ1v) is 11.0. The minimum Gasteiger partial charge on any atom is -0.481 e. The monoisotopic (exact) mass is 395 g/mol. The molecule has 2 rings (SSSR count). The van der Waals surface area contributed by atoms with Gasteiger partial charge in [0.2, 0.25) is 5.91 Å². The van der Waals surface area contributed by atoms with Gasteiger partial charge in [0.05, 0.1) is 6.04 Å². The van der Waals surface area contributed by atoms with Crippen LogP contribution in [-0.2, 0) is 20.8 Å². The van der Waals surface area contributed by atoms with Crippen LogP contribution in [0, 0.1) is 0 Å². The molecule has 1 atom stereocenters. The zero-order valence-electron chi connectivity index (χ0n) is 14.8. The van der Waals surface area contributed by atoms with Gasteiger partial charge in [-0.15, -0.1) is 0 Å². The van der Waals surface area contributed by atoms with Gasteiger partial charge in [-0.1, -0.05) is 6.08 Å². The van der Waals surface area contributed by atoms with E-state index in [0.29, 0.717) is 25.8 Å². The highest BCUT2D eigenvalue weighted by molar-refractivity contribution is 7.99. The van der Waals surface area contributed by atoms with Crippen molar-refractivity contribution < 1.29 is 19.5 Å². The fraction of sp³-hybridized carbons (Fsp3) is 0.526. The number of hydrogen-bond acceptors (Lipinski definition) is 5. The van der Waals surface area contributed by atoms with Crippen LogP contribution in [0.2, 0.25) is 0 Å². The molecular weight excluding hydrogens is 370 g/mol. The number of carbonyl (C=O) groups is 3. The number of carbonyl (C=O) groups excluding carboxylic acids is 2. The summed E-state index contributed by atoms with van der Waals surface area (Å²) in [6.07, 6.45) is 7.04. The number of piperidine rings is 1. The zero-order chi connectivity index (χ0) is 18.8. The molecule has 1 amide bonds. The van der Waals surface area contributed by atoms with Crippen LogP contribution in [0.4, 0.5) is 0 Å². The first-order valence-electron chi connectivity index (χ1n) is 8.87. The van der Waals surface area contributed by atoms with Crippen LogP contribution in [0.1, 0.15) is 37.7 Å². The molecule has 2 heterocycles. The molecule has 1 aliphatic heterocycles. The third kappa shape index (κ3) is 7.33. The molecule has 0 unspecified atom stereocenters. The van der Waals surface area contributed by atoms with E-state index in [0.717, 1.165) is 29.9 Å². The van der Waals surface area contributed by atoms with E-state index < -0.39 is 5.97 Å². The number of hydrogen-bond donors (Lipinski definition) is 1. The largest absolute Gasteiger partial charge is 0.481 e. The molecule has 0 spiro atoms. The lowest BCUT2D eigenvalue weighted by atomic mass is 10.0. The van der Waals surface area contributed by atoms with Gasteiger partial charge >= 0.3 is 5.97 Å². The lowest BCUT2D eigenvalue weighted by Gasteiger charge is -2.34. The minimum absolute atomic E-state index is 0.0118. The van der Waals surface area contributed by atoms with Crippen molar-refractivity contribution in [1.29, 1.82) is 0 Å². The van der Waals surface area contributed by atoms with Gasteiger partial charge in [-0.2, -0.15) is 23.1 Å². The minimum atomic E-state index is -0.769. The summed E-state index contributed by atoms with van der Waals surface area (Å²) in [5, 5.41) is 12.6. The van der Waals surface area contributed by atoms with Gasteiger partial charge in [-0.3, -0.25) is 14.4 Å². The maximum atomic E-state index is 12.2. The van der Waals surface area contributed by atoms with Crippen LogP contribution in [0.25, 0.3) is 0 Å². The Morgan fingerprint density at radius 1 is 1.38 bits per heavy atom. The van der Waals surface area contributed by atoms with E-state index in [2.05, 4.69) is 0 Å². The molecule has 7 heteroatoms. The number of rotatable bonds is 11. The molecule has 0 aromatic carbocycles. The molecule has 1 N–H and O–H groups in total. The second-order valence-corrected chi connectivity index (χ2v) is 8.29. The van der Waals surface area contributed by atoms with E-state index in [4.69, 9.17) is 5.11 Å². The number of carboxylic acid groups (broad SMARTS) is 1. The SMILES string of the molecule is O=C(O)CCCSCCN1C(=O)CCC[C@@H]1/C=C/C(=O)Cc1ccsc1. The smallest absolute Gasteiger partial charge is 0.303 e. The van der Waals surface area contributed by atoms with Crippen molar-refractivity contribution in [3.05, 3.63) is 34.5 Å². The Morgan fingerprint density at radius 2 is 2.23 bits per heavy atom. The van der Waals surface area contributed by atoms with Crippen LogP contribution in [0.3, 0.4) is 0 Å². The molecule has 1 saturated heterocycles. The standard InChI is InChI=1S/C19H25NO4S2/c21-17(13-15-8-11-26-14-15)7-6-16-3-1-4-18(22)20(16)9-12-25-10-2-5-19(23)24/h6-8,11,14,16H,1-5,9-10,12-13H2,(H,23,24)/b7-6+/t16-/m1/s1. The third-order valence-electron chi connectivity index (χ3n) is 4.23. The summed E-state index contributed by atoms with van der Waals surface area (Å²) in [5.74, 6) is 1.01. The fourth-order valence-electron chi connectivity index (χ4n) is 2.90. The van der Waals surface area contributed by atoms with Gasteiger partial charge < -0.3 is 10.0 Å². The predicted molar refractivity (Wildman–Crippen MR) is 106 cm³/mol. The zero-order valence-corrected chi connectivity index (χ0v) is 16.4. The van der Waals surface area contributed by atoms with E-state index in [1.807, 2.05) is 27.8 Å². The Kier molecular flexibility index (Phi) is 8.91. The molecule has 5 nitrogen and oxygen atoms in total. The van der Waals surface area contributed by atoms with Gasteiger partial charge in [0.15, 0.2) is 5.78 Å². The number of likely N-dealkylation sites (tertiary alicyclic amines) is 1. The van der Waals surface area contributed by atoms with Gasteiger partial charge in [0.25, 0.3) is 0 Å². The molecule has 1 aromatic rings. The summed E-state index contributed by atoms with van der Waals surface area (Å²) >= 11 is 3.25. The number of amides is 1. The molecular formula is C19H25NO4S2. The number of allylic oxidation sites excluding steroid dienone is 1. The summed E-state index contributed by atoms with van der Waals surface area (Å²) in [5.41, 5.74) is 1.03. The molecule has 0 radical (unpaired) electrons. The Bertz CT molecular complexity index is 627. The average molecular weight is 396 g/mol. The summed E-state index contributed by atoms with van der Waals surface area (Å²) < 4.78 is 0. The number of carboxylic acids is 1. The molecule has 142 valence electrons. The Balaban J connectivity index is 1.78. The summed E-state index contributed by atoms with van der Waals surface area (Å²) in [6, 6.07) is 1.94. The van der Waals surface area contributed by atoms with Crippen molar-refractivity contribution in [3.8, 4) is 0 Å². The second kappa shape index (κ2) is 11.2.